The van der Waals surface area contributed by atoms with Crippen LogP contribution in [0.4, 0.5) is 0 Å². The van der Waals surface area contributed by atoms with Crippen molar-refractivity contribution in [3.05, 3.63) is 24.3 Å². The van der Waals surface area contributed by atoms with Crippen LogP contribution in [-0.4, -0.2) is 37.2 Å². The third kappa shape index (κ3) is 56.7. The molecule has 0 aliphatic rings. The fourth-order valence-electron chi connectivity index (χ4n) is 9.27. The quantitative estimate of drug-likeness (QED) is 0.0261. The third-order valence-corrected chi connectivity index (χ3v) is 13.9. The minimum Gasteiger partial charge on any atom is -0.462 e. The number of esters is 3. The molecule has 0 N–H and O–H groups in total. The SMILES string of the molecule is CCC/C=C\CCCCCCCC(=O)OCC(COC(=O)CCCCCCCCCCCCC/C=C\CCCCCCCCCC)OC(=O)CCCCCCCCCCCCCCCCCCCC. The molecule has 1 atom stereocenters. The number of carbonyl (C=O) groups is 3. The molecule has 6 heteroatoms. The first kappa shape index (κ1) is 66.9. The third-order valence-electron chi connectivity index (χ3n) is 13.9. The summed E-state index contributed by atoms with van der Waals surface area (Å²) in [6, 6.07) is 0. The van der Waals surface area contributed by atoms with E-state index in [0.29, 0.717) is 19.3 Å². The van der Waals surface area contributed by atoms with Crippen molar-refractivity contribution in [2.45, 2.75) is 348 Å². The van der Waals surface area contributed by atoms with E-state index in [9.17, 15) is 14.4 Å². The maximum atomic E-state index is 12.9. The summed E-state index contributed by atoms with van der Waals surface area (Å²) < 4.78 is 16.9. The second kappa shape index (κ2) is 58.5. The van der Waals surface area contributed by atoms with Crippen molar-refractivity contribution in [1.82, 2.24) is 0 Å². The van der Waals surface area contributed by atoms with Gasteiger partial charge in [0.25, 0.3) is 0 Å². The van der Waals surface area contributed by atoms with Crippen LogP contribution in [0, 0.1) is 0 Å². The minimum absolute atomic E-state index is 0.0697. The fourth-order valence-corrected chi connectivity index (χ4v) is 9.27. The highest BCUT2D eigenvalue weighted by atomic mass is 16.6. The first-order chi connectivity index (χ1) is 34.0. The number of carbonyl (C=O) groups excluding carboxylic acids is 3. The second-order valence-corrected chi connectivity index (χ2v) is 21.0. The number of hydrogen-bond donors (Lipinski definition) is 0. The van der Waals surface area contributed by atoms with Gasteiger partial charge in [-0.25, -0.2) is 0 Å². The molecule has 0 saturated heterocycles. The number of ether oxygens (including phenoxy) is 3. The number of hydrogen-bond acceptors (Lipinski definition) is 6. The summed E-state index contributed by atoms with van der Waals surface area (Å²) in [7, 11) is 0. The van der Waals surface area contributed by atoms with Gasteiger partial charge in [0.2, 0.25) is 0 Å². The molecule has 69 heavy (non-hydrogen) atoms. The van der Waals surface area contributed by atoms with Gasteiger partial charge < -0.3 is 14.2 Å². The Balaban J connectivity index is 4.20. The normalized spacial score (nSPS) is 12.1. The van der Waals surface area contributed by atoms with Crippen LogP contribution >= 0.6 is 0 Å². The maximum Gasteiger partial charge on any atom is 0.306 e. The first-order valence-electron chi connectivity index (χ1n) is 30.8. The lowest BCUT2D eigenvalue weighted by Crippen LogP contribution is -2.30. The summed E-state index contributed by atoms with van der Waals surface area (Å²) in [6.07, 6.45) is 69.0. The van der Waals surface area contributed by atoms with E-state index in [-0.39, 0.29) is 31.1 Å². The highest BCUT2D eigenvalue weighted by Crippen LogP contribution is 2.17. The van der Waals surface area contributed by atoms with Crippen molar-refractivity contribution in [3.8, 4) is 0 Å². The van der Waals surface area contributed by atoms with Gasteiger partial charge in [-0.05, 0) is 64.2 Å². The highest BCUT2D eigenvalue weighted by Gasteiger charge is 2.19. The summed E-state index contributed by atoms with van der Waals surface area (Å²) in [5.41, 5.74) is 0. The molecule has 0 aromatic rings. The zero-order valence-electron chi connectivity index (χ0n) is 46.6. The molecule has 0 radical (unpaired) electrons. The van der Waals surface area contributed by atoms with Crippen LogP contribution in [0.15, 0.2) is 24.3 Å². The monoisotopic (exact) mass is 971 g/mol. The smallest absolute Gasteiger partial charge is 0.306 e. The molecule has 0 spiro atoms. The first-order valence-corrected chi connectivity index (χ1v) is 30.8. The maximum absolute atomic E-state index is 12.9. The van der Waals surface area contributed by atoms with Crippen LogP contribution in [0.1, 0.15) is 342 Å². The summed E-state index contributed by atoms with van der Waals surface area (Å²) in [4.78, 5) is 38.1. The lowest BCUT2D eigenvalue weighted by molar-refractivity contribution is -0.167. The summed E-state index contributed by atoms with van der Waals surface area (Å²) in [5, 5.41) is 0. The minimum atomic E-state index is -0.770. The standard InChI is InChI=1S/C63H118O6/c1-4-7-10-13-16-19-22-24-26-28-30-31-32-33-34-36-37-39-41-44-47-50-53-56-62(65)68-59-60(58-67-61(64)55-52-49-46-43-21-18-15-12-9-6-3)69-63(66)57-54-51-48-45-42-40-38-35-29-27-25-23-20-17-14-11-8-5-2/h12,15,28,30,60H,4-11,13-14,16-27,29,31-59H2,1-3H3/b15-12-,30-28-. The molecule has 0 aromatic heterocycles. The van der Waals surface area contributed by atoms with Crippen molar-refractivity contribution in [2.24, 2.45) is 0 Å². The van der Waals surface area contributed by atoms with Crippen molar-refractivity contribution in [1.29, 1.82) is 0 Å². The van der Waals surface area contributed by atoms with Crippen LogP contribution in [0.5, 0.6) is 0 Å². The Kier molecular flexibility index (Phi) is 56.7. The van der Waals surface area contributed by atoms with Crippen molar-refractivity contribution in [2.75, 3.05) is 13.2 Å². The molecule has 0 heterocycles. The Bertz CT molecular complexity index is 1110. The molecule has 0 aliphatic carbocycles. The lowest BCUT2D eigenvalue weighted by Gasteiger charge is -2.18. The molecule has 406 valence electrons. The van der Waals surface area contributed by atoms with Crippen LogP contribution in [0.25, 0.3) is 0 Å². The molecule has 0 aliphatic heterocycles. The molecule has 0 saturated carbocycles. The topological polar surface area (TPSA) is 78.9 Å². The van der Waals surface area contributed by atoms with E-state index in [1.807, 2.05) is 0 Å². The molecule has 1 unspecified atom stereocenters. The van der Waals surface area contributed by atoms with E-state index in [1.165, 1.54) is 231 Å². The molecule has 0 amide bonds. The van der Waals surface area contributed by atoms with Crippen LogP contribution in [-0.2, 0) is 28.6 Å². The second-order valence-electron chi connectivity index (χ2n) is 21.0. The fraction of sp³-hybridized carbons (Fsp3) is 0.889. The Labute approximate surface area is 430 Å². The summed E-state index contributed by atoms with van der Waals surface area (Å²) >= 11 is 0. The largest absolute Gasteiger partial charge is 0.462 e. The van der Waals surface area contributed by atoms with Gasteiger partial charge in [0.1, 0.15) is 13.2 Å². The van der Waals surface area contributed by atoms with Crippen molar-refractivity contribution >= 4 is 17.9 Å². The van der Waals surface area contributed by atoms with Gasteiger partial charge >= 0.3 is 17.9 Å². The Hall–Kier alpha value is -2.11. The van der Waals surface area contributed by atoms with Crippen LogP contribution in [0.2, 0.25) is 0 Å². The predicted octanol–water partition coefficient (Wildman–Crippen LogP) is 20.7. The van der Waals surface area contributed by atoms with Gasteiger partial charge in [-0.15, -0.1) is 0 Å². The average Bonchev–Trinajstić information content (AvgIpc) is 3.35. The Morgan fingerprint density at radius 3 is 0.783 bits per heavy atom. The van der Waals surface area contributed by atoms with Crippen molar-refractivity contribution in [3.63, 3.8) is 0 Å². The van der Waals surface area contributed by atoms with Crippen molar-refractivity contribution < 1.29 is 28.6 Å². The average molecular weight is 972 g/mol. The zero-order valence-corrected chi connectivity index (χ0v) is 46.6. The van der Waals surface area contributed by atoms with Gasteiger partial charge in [-0.3, -0.25) is 14.4 Å². The summed E-state index contributed by atoms with van der Waals surface area (Å²) in [5.74, 6) is -0.859. The Morgan fingerprint density at radius 1 is 0.275 bits per heavy atom. The van der Waals surface area contributed by atoms with E-state index in [2.05, 4.69) is 45.1 Å². The molecular weight excluding hydrogens is 853 g/mol. The zero-order chi connectivity index (χ0) is 50.0. The van der Waals surface area contributed by atoms with Crippen LogP contribution in [0.3, 0.4) is 0 Å². The van der Waals surface area contributed by atoms with Gasteiger partial charge in [0, 0.05) is 19.3 Å². The van der Waals surface area contributed by atoms with E-state index in [0.717, 1.165) is 70.6 Å². The molecule has 0 fully saturated rings. The van der Waals surface area contributed by atoms with Gasteiger partial charge in [-0.1, -0.05) is 283 Å². The van der Waals surface area contributed by atoms with E-state index in [1.54, 1.807) is 0 Å². The molecule has 0 bridgehead atoms. The van der Waals surface area contributed by atoms with Crippen LogP contribution < -0.4 is 0 Å². The molecule has 6 nitrogen and oxygen atoms in total. The summed E-state index contributed by atoms with van der Waals surface area (Å²) in [6.45, 7) is 6.63. The van der Waals surface area contributed by atoms with E-state index in [4.69, 9.17) is 14.2 Å². The molecule has 0 aromatic carbocycles. The molecule has 0 rings (SSSR count). The highest BCUT2D eigenvalue weighted by molar-refractivity contribution is 5.71. The number of unbranched alkanes of at least 4 members (excludes halogenated alkanes) is 42. The van der Waals surface area contributed by atoms with Gasteiger partial charge in [0.05, 0.1) is 0 Å². The Morgan fingerprint density at radius 2 is 0.507 bits per heavy atom. The predicted molar refractivity (Wildman–Crippen MR) is 298 cm³/mol. The van der Waals surface area contributed by atoms with Gasteiger partial charge in [-0.2, -0.15) is 0 Å². The molecular formula is C63H118O6. The van der Waals surface area contributed by atoms with Gasteiger partial charge in [0.15, 0.2) is 6.10 Å². The number of allylic oxidation sites excluding steroid dienone is 4. The number of rotatable bonds is 57. The lowest BCUT2D eigenvalue weighted by atomic mass is 10.0. The van der Waals surface area contributed by atoms with E-state index >= 15 is 0 Å². The van der Waals surface area contributed by atoms with E-state index < -0.39 is 6.10 Å².